The molecule has 2 aromatic rings. The van der Waals surface area contributed by atoms with Crippen molar-refractivity contribution < 1.29 is 14.3 Å². The molecule has 0 spiro atoms. The van der Waals surface area contributed by atoms with Crippen LogP contribution in [0.2, 0.25) is 0 Å². The first-order valence-electron chi connectivity index (χ1n) is 6.32. The minimum absolute atomic E-state index is 0.0945. The standard InChI is InChI=1S/C12H15N5O3S/c1-20-11(19)4-2-3-9-8-21-12(14-9)15-10(18)7-17-6-5-13-16-17/h5-6,8H,2-4,7H2,1H3,(H,14,15,18). The van der Waals surface area contributed by atoms with Gasteiger partial charge in [0.2, 0.25) is 5.91 Å². The number of carbonyl (C=O) groups excluding carboxylic acids is 2. The fourth-order valence-electron chi connectivity index (χ4n) is 1.62. The van der Waals surface area contributed by atoms with E-state index in [1.54, 1.807) is 6.20 Å². The molecule has 112 valence electrons. The highest BCUT2D eigenvalue weighted by molar-refractivity contribution is 7.13. The largest absolute Gasteiger partial charge is 0.469 e. The molecule has 21 heavy (non-hydrogen) atoms. The number of aromatic nitrogens is 4. The Morgan fingerprint density at radius 1 is 1.48 bits per heavy atom. The van der Waals surface area contributed by atoms with E-state index in [4.69, 9.17) is 0 Å². The van der Waals surface area contributed by atoms with Gasteiger partial charge in [0.25, 0.3) is 0 Å². The first-order valence-corrected chi connectivity index (χ1v) is 7.20. The van der Waals surface area contributed by atoms with Crippen molar-refractivity contribution in [1.82, 2.24) is 20.0 Å². The van der Waals surface area contributed by atoms with Gasteiger partial charge in [-0.1, -0.05) is 5.21 Å². The molecule has 0 aliphatic rings. The van der Waals surface area contributed by atoms with Gasteiger partial charge in [0.1, 0.15) is 6.54 Å². The van der Waals surface area contributed by atoms with Gasteiger partial charge < -0.3 is 10.1 Å². The Hall–Kier alpha value is -2.29. The normalized spacial score (nSPS) is 10.3. The van der Waals surface area contributed by atoms with E-state index in [9.17, 15) is 9.59 Å². The summed E-state index contributed by atoms with van der Waals surface area (Å²) >= 11 is 1.35. The summed E-state index contributed by atoms with van der Waals surface area (Å²) in [7, 11) is 1.37. The average Bonchev–Trinajstić information content (AvgIpc) is 3.10. The maximum absolute atomic E-state index is 11.7. The monoisotopic (exact) mass is 309 g/mol. The van der Waals surface area contributed by atoms with Crippen LogP contribution in [0.3, 0.4) is 0 Å². The second kappa shape index (κ2) is 7.48. The third-order valence-electron chi connectivity index (χ3n) is 2.62. The zero-order valence-electron chi connectivity index (χ0n) is 11.5. The van der Waals surface area contributed by atoms with Crippen LogP contribution in [0, 0.1) is 0 Å². The smallest absolute Gasteiger partial charge is 0.305 e. The fraction of sp³-hybridized carbons (Fsp3) is 0.417. The van der Waals surface area contributed by atoms with Crippen LogP contribution in [-0.2, 0) is 27.3 Å². The van der Waals surface area contributed by atoms with Crippen LogP contribution < -0.4 is 5.32 Å². The Bertz CT molecular complexity index is 596. The van der Waals surface area contributed by atoms with Gasteiger partial charge in [-0.05, 0) is 12.8 Å². The number of methoxy groups -OCH3 is 1. The van der Waals surface area contributed by atoms with Crippen molar-refractivity contribution in [1.29, 1.82) is 0 Å². The molecule has 0 unspecified atom stereocenters. The van der Waals surface area contributed by atoms with Crippen molar-refractivity contribution >= 4 is 28.3 Å². The van der Waals surface area contributed by atoms with Crippen molar-refractivity contribution in [2.45, 2.75) is 25.8 Å². The molecule has 2 aromatic heterocycles. The first-order chi connectivity index (χ1) is 10.2. The minimum Gasteiger partial charge on any atom is -0.469 e. The zero-order valence-corrected chi connectivity index (χ0v) is 12.3. The fourth-order valence-corrected chi connectivity index (χ4v) is 2.38. The topological polar surface area (TPSA) is 99.0 Å². The summed E-state index contributed by atoms with van der Waals surface area (Å²) in [5.74, 6) is -0.442. The highest BCUT2D eigenvalue weighted by Crippen LogP contribution is 2.17. The van der Waals surface area contributed by atoms with Gasteiger partial charge in [0, 0.05) is 18.0 Å². The van der Waals surface area contributed by atoms with Crippen LogP contribution in [0.4, 0.5) is 5.13 Å². The van der Waals surface area contributed by atoms with Gasteiger partial charge >= 0.3 is 5.97 Å². The molecule has 0 saturated carbocycles. The number of anilines is 1. The molecule has 1 N–H and O–H groups in total. The summed E-state index contributed by atoms with van der Waals surface area (Å²) in [5.41, 5.74) is 0.847. The number of carbonyl (C=O) groups is 2. The summed E-state index contributed by atoms with van der Waals surface area (Å²) < 4.78 is 6.00. The molecule has 0 radical (unpaired) electrons. The molecule has 2 rings (SSSR count). The number of esters is 1. The number of rotatable bonds is 7. The number of thiazole rings is 1. The summed E-state index contributed by atoms with van der Waals surface area (Å²) in [6, 6.07) is 0. The van der Waals surface area contributed by atoms with E-state index >= 15 is 0 Å². The zero-order chi connectivity index (χ0) is 15.1. The van der Waals surface area contributed by atoms with Crippen LogP contribution in [0.5, 0.6) is 0 Å². The van der Waals surface area contributed by atoms with E-state index in [0.717, 1.165) is 5.69 Å². The Morgan fingerprint density at radius 2 is 2.33 bits per heavy atom. The van der Waals surface area contributed by atoms with E-state index in [2.05, 4.69) is 25.3 Å². The highest BCUT2D eigenvalue weighted by Gasteiger charge is 2.08. The number of ether oxygens (including phenoxy) is 1. The third-order valence-corrected chi connectivity index (χ3v) is 3.42. The molecule has 0 saturated heterocycles. The number of hydrogen-bond donors (Lipinski definition) is 1. The predicted molar refractivity (Wildman–Crippen MR) is 75.7 cm³/mol. The van der Waals surface area contributed by atoms with Gasteiger partial charge in [0.15, 0.2) is 5.13 Å². The lowest BCUT2D eigenvalue weighted by atomic mass is 10.2. The summed E-state index contributed by atoms with van der Waals surface area (Å²) in [5, 5.41) is 12.4. The summed E-state index contributed by atoms with van der Waals surface area (Å²) in [6.07, 6.45) is 4.82. The molecule has 0 aliphatic heterocycles. The Kier molecular flexibility index (Phi) is 5.38. The van der Waals surface area contributed by atoms with Gasteiger partial charge in [-0.25, -0.2) is 9.67 Å². The van der Waals surface area contributed by atoms with E-state index in [-0.39, 0.29) is 18.4 Å². The molecule has 0 atom stereocenters. The van der Waals surface area contributed by atoms with Crippen LogP contribution in [-0.4, -0.2) is 39.0 Å². The number of nitrogens with zero attached hydrogens (tertiary/aromatic N) is 4. The quantitative estimate of drug-likeness (QED) is 0.762. The van der Waals surface area contributed by atoms with Gasteiger partial charge in [0.05, 0.1) is 19.0 Å². The van der Waals surface area contributed by atoms with Crippen LogP contribution >= 0.6 is 11.3 Å². The summed E-state index contributed by atoms with van der Waals surface area (Å²) in [4.78, 5) is 27.0. The van der Waals surface area contributed by atoms with E-state index in [0.29, 0.717) is 24.4 Å². The Morgan fingerprint density at radius 3 is 3.05 bits per heavy atom. The summed E-state index contributed by atoms with van der Waals surface area (Å²) in [6.45, 7) is 0.0945. The molecule has 0 aliphatic carbocycles. The van der Waals surface area contributed by atoms with Crippen molar-refractivity contribution in [2.75, 3.05) is 12.4 Å². The van der Waals surface area contributed by atoms with Crippen molar-refractivity contribution in [3.63, 3.8) is 0 Å². The van der Waals surface area contributed by atoms with E-state index in [1.165, 1.54) is 29.3 Å². The second-order valence-corrected chi connectivity index (χ2v) is 5.08. The molecule has 0 aromatic carbocycles. The van der Waals surface area contributed by atoms with Crippen LogP contribution in [0.1, 0.15) is 18.5 Å². The minimum atomic E-state index is -0.230. The first kappa shape index (κ1) is 15.1. The van der Waals surface area contributed by atoms with Gasteiger partial charge in [-0.15, -0.1) is 16.4 Å². The third kappa shape index (κ3) is 4.95. The van der Waals surface area contributed by atoms with Gasteiger partial charge in [-0.3, -0.25) is 9.59 Å². The number of hydrogen-bond acceptors (Lipinski definition) is 7. The lowest BCUT2D eigenvalue weighted by Crippen LogP contribution is -2.19. The second-order valence-electron chi connectivity index (χ2n) is 4.22. The molecule has 0 bridgehead atoms. The molecule has 9 heteroatoms. The SMILES string of the molecule is COC(=O)CCCc1csc(NC(=O)Cn2ccnn2)n1. The average molecular weight is 309 g/mol. The van der Waals surface area contributed by atoms with Crippen LogP contribution in [0.25, 0.3) is 0 Å². The maximum Gasteiger partial charge on any atom is 0.305 e. The van der Waals surface area contributed by atoms with Crippen molar-refractivity contribution in [3.05, 3.63) is 23.5 Å². The lowest BCUT2D eigenvalue weighted by molar-refractivity contribution is -0.140. The van der Waals surface area contributed by atoms with Gasteiger partial charge in [-0.2, -0.15) is 0 Å². The lowest BCUT2D eigenvalue weighted by Gasteiger charge is -2.01. The molecule has 8 nitrogen and oxygen atoms in total. The molecule has 2 heterocycles. The molecular formula is C12H15N5O3S. The Balaban J connectivity index is 1.77. The highest BCUT2D eigenvalue weighted by atomic mass is 32.1. The maximum atomic E-state index is 11.7. The van der Waals surface area contributed by atoms with Crippen LogP contribution in [0.15, 0.2) is 17.8 Å². The van der Waals surface area contributed by atoms with E-state index < -0.39 is 0 Å². The molecular weight excluding hydrogens is 294 g/mol. The number of amides is 1. The number of nitrogens with one attached hydrogen (secondary N) is 1. The molecule has 0 fully saturated rings. The Labute approximate surface area is 125 Å². The number of aryl methyl sites for hydroxylation is 1. The van der Waals surface area contributed by atoms with E-state index in [1.807, 2.05) is 5.38 Å². The van der Waals surface area contributed by atoms with Crippen molar-refractivity contribution in [3.8, 4) is 0 Å². The molecule has 1 amide bonds. The van der Waals surface area contributed by atoms with Crippen molar-refractivity contribution in [2.24, 2.45) is 0 Å². The predicted octanol–water partition coefficient (Wildman–Crippen LogP) is 0.869.